The summed E-state index contributed by atoms with van der Waals surface area (Å²) in [7, 11) is -3.70. The van der Waals surface area contributed by atoms with Crippen molar-refractivity contribution in [1.82, 2.24) is 0 Å². The first-order chi connectivity index (χ1) is 10.9. The first-order valence-corrected chi connectivity index (χ1v) is 9.22. The molecule has 2 N–H and O–H groups in total. The molecular weight excluding hydrogens is 318 g/mol. The highest BCUT2D eigenvalue weighted by Gasteiger charge is 2.37. The minimum Gasteiger partial charge on any atom is -0.378 e. The fourth-order valence-electron chi connectivity index (χ4n) is 3.09. The molecule has 7 nitrogen and oxygen atoms in total. The molecule has 1 aromatic carbocycles. The maximum Gasteiger partial charge on any atom is 0.228 e. The van der Waals surface area contributed by atoms with E-state index in [0.29, 0.717) is 13.2 Å². The van der Waals surface area contributed by atoms with E-state index in [2.05, 4.69) is 4.90 Å². The summed E-state index contributed by atoms with van der Waals surface area (Å²) in [6.07, 6.45) is -0.0521. The number of rotatable bonds is 3. The molecule has 2 aliphatic rings. The van der Waals surface area contributed by atoms with E-state index in [1.54, 1.807) is 0 Å². The standard InChI is InChI=1S/C15H21N3O4S/c1-11-8-12(17-4-6-22-7-5-17)2-3-14(11)18-10-13(9-15(18)19)23(16,20)21/h2-3,8,13H,4-7,9-10H2,1H3,(H2,16,20,21). The topological polar surface area (TPSA) is 92.9 Å². The number of carbonyl (C=O) groups is 1. The van der Waals surface area contributed by atoms with Gasteiger partial charge in [0.1, 0.15) is 5.25 Å². The van der Waals surface area contributed by atoms with Gasteiger partial charge in [-0.05, 0) is 30.7 Å². The molecule has 1 amide bonds. The van der Waals surface area contributed by atoms with Crippen LogP contribution >= 0.6 is 0 Å². The highest BCUT2D eigenvalue weighted by Crippen LogP contribution is 2.30. The largest absolute Gasteiger partial charge is 0.378 e. The molecule has 0 aliphatic carbocycles. The van der Waals surface area contributed by atoms with Crippen molar-refractivity contribution in [2.75, 3.05) is 42.6 Å². The molecule has 1 atom stereocenters. The molecule has 8 heteroatoms. The molecule has 23 heavy (non-hydrogen) atoms. The lowest BCUT2D eigenvalue weighted by molar-refractivity contribution is -0.117. The number of carbonyl (C=O) groups excluding carboxylic acids is 1. The Kier molecular flexibility index (Phi) is 4.31. The van der Waals surface area contributed by atoms with Crippen LogP contribution in [0.25, 0.3) is 0 Å². The quantitative estimate of drug-likeness (QED) is 0.851. The molecular formula is C15H21N3O4S. The average Bonchev–Trinajstić information content (AvgIpc) is 2.90. The number of nitrogens with two attached hydrogens (primary N) is 1. The van der Waals surface area contributed by atoms with Gasteiger partial charge in [0.25, 0.3) is 0 Å². The fraction of sp³-hybridized carbons (Fsp3) is 0.533. The Morgan fingerprint density at radius 1 is 1.26 bits per heavy atom. The van der Waals surface area contributed by atoms with Gasteiger partial charge >= 0.3 is 0 Å². The highest BCUT2D eigenvalue weighted by molar-refractivity contribution is 7.89. The van der Waals surface area contributed by atoms with Gasteiger partial charge < -0.3 is 14.5 Å². The van der Waals surface area contributed by atoms with Crippen LogP contribution in [0.4, 0.5) is 11.4 Å². The van der Waals surface area contributed by atoms with E-state index in [1.807, 2.05) is 25.1 Å². The Bertz CT molecular complexity index is 713. The van der Waals surface area contributed by atoms with E-state index in [-0.39, 0.29) is 18.9 Å². The van der Waals surface area contributed by atoms with E-state index in [0.717, 1.165) is 30.0 Å². The summed E-state index contributed by atoms with van der Waals surface area (Å²) in [6, 6.07) is 5.87. The molecule has 0 radical (unpaired) electrons. The predicted octanol–water partition coefficient (Wildman–Crippen LogP) is 0.225. The normalized spacial score (nSPS) is 22.7. The van der Waals surface area contributed by atoms with Crippen molar-refractivity contribution in [3.8, 4) is 0 Å². The van der Waals surface area contributed by atoms with Gasteiger partial charge in [-0.25, -0.2) is 13.6 Å². The zero-order valence-electron chi connectivity index (χ0n) is 13.1. The molecule has 2 saturated heterocycles. The molecule has 2 aliphatic heterocycles. The van der Waals surface area contributed by atoms with Crippen molar-refractivity contribution in [3.63, 3.8) is 0 Å². The van der Waals surface area contributed by atoms with Gasteiger partial charge in [-0.1, -0.05) is 0 Å². The number of nitrogens with zero attached hydrogens (tertiary/aromatic N) is 2. The molecule has 0 spiro atoms. The summed E-state index contributed by atoms with van der Waals surface area (Å²) in [5.41, 5.74) is 2.78. The maximum absolute atomic E-state index is 12.1. The second kappa shape index (κ2) is 6.10. The number of anilines is 2. The number of morpholine rings is 1. The van der Waals surface area contributed by atoms with Crippen molar-refractivity contribution in [2.24, 2.45) is 5.14 Å². The zero-order valence-corrected chi connectivity index (χ0v) is 13.9. The van der Waals surface area contributed by atoms with Crippen molar-refractivity contribution >= 4 is 27.3 Å². The van der Waals surface area contributed by atoms with Crippen molar-refractivity contribution in [2.45, 2.75) is 18.6 Å². The second-order valence-corrected chi connectivity index (χ2v) is 7.83. The van der Waals surface area contributed by atoms with Gasteiger partial charge in [0.2, 0.25) is 15.9 Å². The summed E-state index contributed by atoms with van der Waals surface area (Å²) in [5.74, 6) is -0.203. The Balaban J connectivity index is 1.82. The Hall–Kier alpha value is -1.64. The van der Waals surface area contributed by atoms with Gasteiger partial charge in [0.15, 0.2) is 0 Å². The lowest BCUT2D eigenvalue weighted by atomic mass is 10.1. The van der Waals surface area contributed by atoms with Crippen LogP contribution < -0.4 is 14.9 Å². The van der Waals surface area contributed by atoms with Crippen molar-refractivity contribution in [1.29, 1.82) is 0 Å². The smallest absolute Gasteiger partial charge is 0.228 e. The van der Waals surface area contributed by atoms with Crippen LogP contribution in [0.3, 0.4) is 0 Å². The van der Waals surface area contributed by atoms with Crippen LogP contribution in [0.2, 0.25) is 0 Å². The third-order valence-electron chi connectivity index (χ3n) is 4.40. The monoisotopic (exact) mass is 339 g/mol. The van der Waals surface area contributed by atoms with Gasteiger partial charge in [-0.2, -0.15) is 0 Å². The first kappa shape index (κ1) is 16.2. The summed E-state index contributed by atoms with van der Waals surface area (Å²) in [6.45, 7) is 5.15. The third-order valence-corrected chi connectivity index (χ3v) is 5.65. The van der Waals surface area contributed by atoms with E-state index in [4.69, 9.17) is 9.88 Å². The van der Waals surface area contributed by atoms with E-state index >= 15 is 0 Å². The molecule has 2 fully saturated rings. The number of primary sulfonamides is 1. The molecule has 0 saturated carbocycles. The van der Waals surface area contributed by atoms with Crippen LogP contribution in [0.15, 0.2) is 18.2 Å². The molecule has 0 aromatic heterocycles. The summed E-state index contributed by atoms with van der Waals surface area (Å²) < 4.78 is 28.3. The number of hydrogen-bond donors (Lipinski definition) is 1. The number of aryl methyl sites for hydroxylation is 1. The molecule has 0 bridgehead atoms. The highest BCUT2D eigenvalue weighted by atomic mass is 32.2. The fourth-order valence-corrected chi connectivity index (χ4v) is 3.82. The maximum atomic E-state index is 12.1. The van der Waals surface area contributed by atoms with Crippen LogP contribution in [-0.4, -0.2) is 52.4 Å². The summed E-state index contributed by atoms with van der Waals surface area (Å²) in [4.78, 5) is 15.9. The molecule has 3 rings (SSSR count). The van der Waals surface area contributed by atoms with E-state index < -0.39 is 15.3 Å². The number of ether oxygens (including phenoxy) is 1. The number of benzene rings is 1. The molecule has 2 heterocycles. The number of sulfonamides is 1. The van der Waals surface area contributed by atoms with Crippen molar-refractivity contribution in [3.05, 3.63) is 23.8 Å². The number of amides is 1. The summed E-state index contributed by atoms with van der Waals surface area (Å²) in [5, 5.41) is 4.35. The second-order valence-electron chi connectivity index (χ2n) is 5.99. The Morgan fingerprint density at radius 3 is 2.52 bits per heavy atom. The van der Waals surface area contributed by atoms with Crippen molar-refractivity contribution < 1.29 is 17.9 Å². The zero-order chi connectivity index (χ0) is 16.6. The van der Waals surface area contributed by atoms with Gasteiger partial charge in [0, 0.05) is 37.4 Å². The minimum atomic E-state index is -3.70. The van der Waals surface area contributed by atoms with E-state index in [9.17, 15) is 13.2 Å². The summed E-state index contributed by atoms with van der Waals surface area (Å²) >= 11 is 0. The number of hydrogen-bond acceptors (Lipinski definition) is 5. The van der Waals surface area contributed by atoms with Crippen LogP contribution in [-0.2, 0) is 19.6 Å². The van der Waals surface area contributed by atoms with Crippen LogP contribution in [0.5, 0.6) is 0 Å². The Labute approximate surface area is 136 Å². The molecule has 1 aromatic rings. The first-order valence-electron chi connectivity index (χ1n) is 7.61. The predicted molar refractivity (Wildman–Crippen MR) is 88.1 cm³/mol. The SMILES string of the molecule is Cc1cc(N2CCOCC2)ccc1N1CC(S(N)(=O)=O)CC1=O. The lowest BCUT2D eigenvalue weighted by Gasteiger charge is -2.30. The Morgan fingerprint density at radius 2 is 1.96 bits per heavy atom. The van der Waals surface area contributed by atoms with E-state index in [1.165, 1.54) is 4.90 Å². The van der Waals surface area contributed by atoms with Crippen LogP contribution in [0, 0.1) is 6.92 Å². The molecule has 1 unspecified atom stereocenters. The van der Waals surface area contributed by atoms with Gasteiger partial charge in [-0.3, -0.25) is 4.79 Å². The lowest BCUT2D eigenvalue weighted by Crippen LogP contribution is -2.36. The average molecular weight is 339 g/mol. The molecule has 126 valence electrons. The van der Waals surface area contributed by atoms with Gasteiger partial charge in [0.05, 0.1) is 13.2 Å². The van der Waals surface area contributed by atoms with Gasteiger partial charge in [-0.15, -0.1) is 0 Å². The third kappa shape index (κ3) is 3.34. The van der Waals surface area contributed by atoms with Crippen LogP contribution in [0.1, 0.15) is 12.0 Å². The minimum absolute atomic E-state index is 0.0521.